The molecule has 1 aliphatic heterocycles. The van der Waals surface area contributed by atoms with Crippen LogP contribution >= 0.6 is 0 Å². The van der Waals surface area contributed by atoms with Gasteiger partial charge in [0.2, 0.25) is 0 Å². The van der Waals surface area contributed by atoms with Crippen LogP contribution in [0.3, 0.4) is 0 Å². The van der Waals surface area contributed by atoms with Crippen molar-refractivity contribution >= 4 is 29.4 Å². The number of amidine groups is 1. The van der Waals surface area contributed by atoms with E-state index < -0.39 is 30.1 Å². The number of anilines is 1. The molecule has 0 bridgehead atoms. The third-order valence-electron chi connectivity index (χ3n) is 3.67. The Hall–Kier alpha value is -2.91. The first-order valence-electron chi connectivity index (χ1n) is 8.11. The zero-order valence-electron chi connectivity index (χ0n) is 14.7. The molecule has 2 atom stereocenters. The molecule has 0 aromatic carbocycles. The standard InChI is InChI=1S/C16H21FN4O5/c1-4-10-9(7-11(26-10)13-15(23)21-16(24)20-13)19-14(8(2)17)18-6-5-12(22)25-3/h7-8,13H,4-6H2,1-3H3,(H,18,19)(H2,20,21,23,24). The summed E-state index contributed by atoms with van der Waals surface area (Å²) in [6.45, 7) is 3.20. The minimum atomic E-state index is -1.41. The van der Waals surface area contributed by atoms with E-state index in [4.69, 9.17) is 4.42 Å². The summed E-state index contributed by atoms with van der Waals surface area (Å²) in [5.74, 6) is -0.231. The molecular weight excluding hydrogens is 347 g/mol. The van der Waals surface area contributed by atoms with Crippen LogP contribution in [0.4, 0.5) is 14.9 Å². The zero-order valence-corrected chi connectivity index (χ0v) is 14.7. The van der Waals surface area contributed by atoms with Crippen molar-refractivity contribution in [2.45, 2.75) is 38.9 Å². The van der Waals surface area contributed by atoms with E-state index in [1.165, 1.54) is 20.1 Å². The van der Waals surface area contributed by atoms with E-state index in [9.17, 15) is 18.8 Å². The van der Waals surface area contributed by atoms with Crippen molar-refractivity contribution in [1.82, 2.24) is 10.6 Å². The Morgan fingerprint density at radius 1 is 1.50 bits per heavy atom. The number of nitrogens with zero attached hydrogens (tertiary/aromatic N) is 1. The number of carbonyl (C=O) groups excluding carboxylic acids is 3. The molecule has 10 heteroatoms. The molecule has 0 saturated carbocycles. The number of rotatable bonds is 7. The normalized spacial score (nSPS) is 18.3. The Balaban J connectivity index is 2.18. The first-order chi connectivity index (χ1) is 12.3. The van der Waals surface area contributed by atoms with Crippen molar-refractivity contribution in [2.75, 3.05) is 19.0 Å². The topological polar surface area (TPSA) is 122 Å². The van der Waals surface area contributed by atoms with Gasteiger partial charge in [0, 0.05) is 12.5 Å². The van der Waals surface area contributed by atoms with E-state index in [1.54, 1.807) is 0 Å². The van der Waals surface area contributed by atoms with Crippen molar-refractivity contribution < 1.29 is 27.9 Å². The van der Waals surface area contributed by atoms with Gasteiger partial charge in [-0.2, -0.15) is 0 Å². The van der Waals surface area contributed by atoms with Crippen molar-refractivity contribution in [1.29, 1.82) is 0 Å². The molecule has 1 fully saturated rings. The largest absolute Gasteiger partial charge is 0.469 e. The molecule has 9 nitrogen and oxygen atoms in total. The first kappa shape index (κ1) is 19.4. The van der Waals surface area contributed by atoms with E-state index in [2.05, 4.69) is 25.7 Å². The molecule has 142 valence electrons. The molecule has 0 spiro atoms. The molecule has 2 unspecified atom stereocenters. The van der Waals surface area contributed by atoms with Gasteiger partial charge in [0.1, 0.15) is 17.4 Å². The highest BCUT2D eigenvalue weighted by Gasteiger charge is 2.34. The lowest BCUT2D eigenvalue weighted by atomic mass is 10.2. The number of ether oxygens (including phenoxy) is 1. The van der Waals surface area contributed by atoms with Gasteiger partial charge in [0.05, 0.1) is 25.8 Å². The number of imide groups is 1. The van der Waals surface area contributed by atoms with E-state index in [0.29, 0.717) is 17.9 Å². The number of carbonyl (C=O) groups is 3. The lowest BCUT2D eigenvalue weighted by Gasteiger charge is -2.10. The smallest absolute Gasteiger partial charge is 0.322 e. The molecule has 3 amide bonds. The summed E-state index contributed by atoms with van der Waals surface area (Å²) in [5.41, 5.74) is 0.442. The van der Waals surface area contributed by atoms with Gasteiger partial charge in [-0.1, -0.05) is 6.92 Å². The number of hydrogen-bond acceptors (Lipinski definition) is 6. The number of amides is 3. The number of urea groups is 1. The van der Waals surface area contributed by atoms with Crippen LogP contribution in [-0.4, -0.2) is 43.6 Å². The number of hydrogen-bond donors (Lipinski definition) is 3. The molecule has 26 heavy (non-hydrogen) atoms. The minimum absolute atomic E-state index is 0.0239. The summed E-state index contributed by atoms with van der Waals surface area (Å²) in [7, 11) is 1.27. The second-order valence-corrected chi connectivity index (χ2v) is 5.57. The quantitative estimate of drug-likeness (QED) is 0.290. The van der Waals surface area contributed by atoms with Gasteiger partial charge in [-0.25, -0.2) is 9.18 Å². The van der Waals surface area contributed by atoms with Crippen LogP contribution < -0.4 is 16.0 Å². The Labute approximate surface area is 149 Å². The zero-order chi connectivity index (χ0) is 19.3. The molecular formula is C16H21FN4O5. The number of aryl methyl sites for hydroxylation is 1. The van der Waals surface area contributed by atoms with Gasteiger partial charge in [0.25, 0.3) is 5.91 Å². The maximum atomic E-state index is 13.9. The molecule has 1 aromatic rings. The fraction of sp³-hybridized carbons (Fsp3) is 0.500. The summed E-state index contributed by atoms with van der Waals surface area (Å²) in [4.78, 5) is 38.2. The van der Waals surface area contributed by atoms with Crippen LogP contribution in [0.5, 0.6) is 0 Å². The maximum absolute atomic E-state index is 13.9. The van der Waals surface area contributed by atoms with Crippen molar-refractivity contribution in [2.24, 2.45) is 4.99 Å². The number of methoxy groups -OCH3 is 1. The average Bonchev–Trinajstić information content (AvgIpc) is 3.15. The molecule has 0 aliphatic carbocycles. The first-order valence-corrected chi connectivity index (χ1v) is 8.11. The highest BCUT2D eigenvalue weighted by molar-refractivity contribution is 6.04. The monoisotopic (exact) mass is 368 g/mol. The van der Waals surface area contributed by atoms with Crippen LogP contribution in [0.25, 0.3) is 0 Å². The SMILES string of the molecule is CCc1oc(C2NC(=O)NC2=O)cc1NC(=NCCC(=O)OC)C(C)F. The third-order valence-corrected chi connectivity index (χ3v) is 3.67. The second-order valence-electron chi connectivity index (χ2n) is 5.57. The predicted octanol–water partition coefficient (Wildman–Crippen LogP) is 1.45. The molecule has 3 N–H and O–H groups in total. The third kappa shape index (κ3) is 4.58. The molecule has 1 saturated heterocycles. The van der Waals surface area contributed by atoms with Crippen molar-refractivity contribution in [3.8, 4) is 0 Å². The number of nitrogens with one attached hydrogen (secondary N) is 3. The number of esters is 1. The Kier molecular flexibility index (Phi) is 6.31. The molecule has 2 rings (SSSR count). The Morgan fingerprint density at radius 2 is 2.23 bits per heavy atom. The van der Waals surface area contributed by atoms with Gasteiger partial charge in [0.15, 0.2) is 12.2 Å². The summed E-state index contributed by atoms with van der Waals surface area (Å²) >= 11 is 0. The summed E-state index contributed by atoms with van der Waals surface area (Å²) in [6, 6.07) is -0.0235. The molecule has 2 heterocycles. The van der Waals surface area contributed by atoms with Crippen molar-refractivity contribution in [3.63, 3.8) is 0 Å². The molecule has 1 aliphatic rings. The maximum Gasteiger partial charge on any atom is 0.322 e. The Morgan fingerprint density at radius 3 is 2.77 bits per heavy atom. The highest BCUT2D eigenvalue weighted by atomic mass is 19.1. The summed E-state index contributed by atoms with van der Waals surface area (Å²) in [6.07, 6.45) is -0.911. The van der Waals surface area contributed by atoms with E-state index in [0.717, 1.165) is 0 Å². The number of furan rings is 1. The van der Waals surface area contributed by atoms with Crippen molar-refractivity contribution in [3.05, 3.63) is 17.6 Å². The lowest BCUT2D eigenvalue weighted by Crippen LogP contribution is -2.23. The van der Waals surface area contributed by atoms with Crippen LogP contribution in [0.15, 0.2) is 15.5 Å². The van der Waals surface area contributed by atoms with Gasteiger partial charge < -0.3 is 19.8 Å². The highest BCUT2D eigenvalue weighted by Crippen LogP contribution is 2.28. The van der Waals surface area contributed by atoms with Gasteiger partial charge in [-0.15, -0.1) is 0 Å². The fourth-order valence-corrected chi connectivity index (χ4v) is 2.35. The molecule has 0 radical (unpaired) electrons. The van der Waals surface area contributed by atoms with Crippen LogP contribution in [0.1, 0.15) is 37.8 Å². The number of halogens is 1. The second kappa shape index (κ2) is 8.45. The van der Waals surface area contributed by atoms with Gasteiger partial charge >= 0.3 is 12.0 Å². The molecule has 1 aromatic heterocycles. The number of aliphatic imine (C=N–C) groups is 1. The van der Waals surface area contributed by atoms with Crippen LogP contribution in [-0.2, 0) is 20.7 Å². The van der Waals surface area contributed by atoms with E-state index in [1.807, 2.05) is 6.92 Å². The average molecular weight is 368 g/mol. The van der Waals surface area contributed by atoms with E-state index >= 15 is 0 Å². The van der Waals surface area contributed by atoms with Crippen LogP contribution in [0, 0.1) is 0 Å². The van der Waals surface area contributed by atoms with Gasteiger partial charge in [-0.3, -0.25) is 19.9 Å². The summed E-state index contributed by atoms with van der Waals surface area (Å²) in [5, 5.41) is 7.40. The van der Waals surface area contributed by atoms with E-state index in [-0.39, 0.29) is 24.6 Å². The Bertz CT molecular complexity index is 728. The fourth-order valence-electron chi connectivity index (χ4n) is 2.35. The minimum Gasteiger partial charge on any atom is -0.469 e. The predicted molar refractivity (Wildman–Crippen MR) is 90.6 cm³/mol. The summed E-state index contributed by atoms with van der Waals surface area (Å²) < 4.78 is 24.0. The van der Waals surface area contributed by atoms with Gasteiger partial charge in [-0.05, 0) is 6.92 Å². The lowest BCUT2D eigenvalue weighted by molar-refractivity contribution is -0.140. The van der Waals surface area contributed by atoms with Crippen LogP contribution in [0.2, 0.25) is 0 Å². The number of alkyl halides is 1.